The topological polar surface area (TPSA) is 51.7 Å². The number of ether oxygens (including phenoxy) is 2. The van der Waals surface area contributed by atoms with Crippen molar-refractivity contribution in [3.63, 3.8) is 0 Å². The zero-order chi connectivity index (χ0) is 17.9. The number of aromatic nitrogens is 1. The van der Waals surface area contributed by atoms with Crippen molar-refractivity contribution >= 4 is 33.6 Å². The summed E-state index contributed by atoms with van der Waals surface area (Å²) in [6.45, 7) is 1.95. The standard InChI is InChI=1S/C19H19BrN2O3S/c20-14-3-1-7-21-19(14)26-12-18(23)22-8-2-4-15(22)13-5-6-16-17(11-13)25-10-9-24-16/h1,3,5-7,11,15H,2,4,8-10,12H2/t15-/m0/s1. The van der Waals surface area contributed by atoms with Crippen LogP contribution in [0.15, 0.2) is 46.0 Å². The summed E-state index contributed by atoms with van der Waals surface area (Å²) in [6.07, 6.45) is 3.73. The first kappa shape index (κ1) is 17.7. The lowest BCUT2D eigenvalue weighted by atomic mass is 10.0. The van der Waals surface area contributed by atoms with E-state index in [0.717, 1.165) is 45.9 Å². The van der Waals surface area contributed by atoms with E-state index in [1.54, 1.807) is 6.20 Å². The molecule has 1 aromatic carbocycles. The van der Waals surface area contributed by atoms with Crippen molar-refractivity contribution in [3.8, 4) is 11.5 Å². The highest BCUT2D eigenvalue weighted by Gasteiger charge is 2.30. The molecule has 1 aromatic heterocycles. The molecule has 0 N–H and O–H groups in total. The van der Waals surface area contributed by atoms with Gasteiger partial charge in [0.15, 0.2) is 11.5 Å². The molecule has 0 aliphatic carbocycles. The lowest BCUT2D eigenvalue weighted by Gasteiger charge is -2.26. The Morgan fingerprint density at radius 3 is 2.96 bits per heavy atom. The van der Waals surface area contributed by atoms with Gasteiger partial charge in [-0.2, -0.15) is 0 Å². The van der Waals surface area contributed by atoms with Crippen molar-refractivity contribution < 1.29 is 14.3 Å². The van der Waals surface area contributed by atoms with E-state index in [9.17, 15) is 4.79 Å². The van der Waals surface area contributed by atoms with Gasteiger partial charge in [-0.3, -0.25) is 4.79 Å². The predicted molar refractivity (Wildman–Crippen MR) is 104 cm³/mol. The number of benzene rings is 1. The molecule has 136 valence electrons. The first-order chi connectivity index (χ1) is 12.7. The van der Waals surface area contributed by atoms with Crippen LogP contribution in [-0.2, 0) is 4.79 Å². The maximum absolute atomic E-state index is 12.8. The number of nitrogens with zero attached hydrogens (tertiary/aromatic N) is 2. The van der Waals surface area contributed by atoms with E-state index >= 15 is 0 Å². The number of rotatable bonds is 4. The van der Waals surface area contributed by atoms with Gasteiger partial charge in [0.25, 0.3) is 0 Å². The van der Waals surface area contributed by atoms with E-state index in [2.05, 4.69) is 20.9 Å². The molecule has 3 heterocycles. The highest BCUT2D eigenvalue weighted by Crippen LogP contribution is 2.38. The summed E-state index contributed by atoms with van der Waals surface area (Å²) in [5.41, 5.74) is 1.11. The van der Waals surface area contributed by atoms with E-state index in [-0.39, 0.29) is 11.9 Å². The molecule has 2 aliphatic rings. The Morgan fingerprint density at radius 2 is 2.12 bits per heavy atom. The number of likely N-dealkylation sites (tertiary alicyclic amines) is 1. The smallest absolute Gasteiger partial charge is 0.233 e. The van der Waals surface area contributed by atoms with Crippen LogP contribution < -0.4 is 9.47 Å². The van der Waals surface area contributed by atoms with Gasteiger partial charge in [0.2, 0.25) is 5.91 Å². The van der Waals surface area contributed by atoms with Gasteiger partial charge in [0, 0.05) is 17.2 Å². The van der Waals surface area contributed by atoms with Crippen molar-refractivity contribution in [3.05, 3.63) is 46.6 Å². The van der Waals surface area contributed by atoms with Crippen LogP contribution in [0.25, 0.3) is 0 Å². The number of carbonyl (C=O) groups excluding carboxylic acids is 1. The molecule has 7 heteroatoms. The number of pyridine rings is 1. The summed E-state index contributed by atoms with van der Waals surface area (Å²) >= 11 is 4.95. The SMILES string of the molecule is O=C(CSc1ncccc1Br)N1CCC[C@H]1c1ccc2c(c1)OCCO2. The third-order valence-corrected chi connectivity index (χ3v) is 6.47. The Kier molecular flexibility index (Phi) is 5.36. The minimum absolute atomic E-state index is 0.103. The molecule has 0 radical (unpaired) electrons. The second-order valence-corrected chi connectivity index (χ2v) is 8.05. The van der Waals surface area contributed by atoms with Gasteiger partial charge in [-0.15, -0.1) is 0 Å². The van der Waals surface area contributed by atoms with E-state index in [1.165, 1.54) is 11.8 Å². The van der Waals surface area contributed by atoms with Gasteiger partial charge >= 0.3 is 0 Å². The largest absolute Gasteiger partial charge is 0.486 e. The number of thioether (sulfide) groups is 1. The second-order valence-electron chi connectivity index (χ2n) is 6.23. The molecule has 0 unspecified atom stereocenters. The van der Waals surface area contributed by atoms with Gasteiger partial charge < -0.3 is 14.4 Å². The van der Waals surface area contributed by atoms with E-state index in [1.807, 2.05) is 35.2 Å². The highest BCUT2D eigenvalue weighted by molar-refractivity contribution is 9.10. The van der Waals surface area contributed by atoms with Crippen LogP contribution in [0, 0.1) is 0 Å². The quantitative estimate of drug-likeness (QED) is 0.678. The summed E-state index contributed by atoms with van der Waals surface area (Å²) in [5, 5.41) is 0.843. The van der Waals surface area contributed by atoms with Gasteiger partial charge in [-0.25, -0.2) is 4.98 Å². The number of hydrogen-bond donors (Lipinski definition) is 0. The monoisotopic (exact) mass is 434 g/mol. The molecule has 2 aromatic rings. The van der Waals surface area contributed by atoms with E-state index < -0.39 is 0 Å². The summed E-state index contributed by atoms with van der Waals surface area (Å²) in [4.78, 5) is 19.1. The molecular formula is C19H19BrN2O3S. The summed E-state index contributed by atoms with van der Waals surface area (Å²) in [6, 6.07) is 9.93. The zero-order valence-corrected chi connectivity index (χ0v) is 16.6. The Hall–Kier alpha value is -1.73. The Labute approximate surface area is 165 Å². The van der Waals surface area contributed by atoms with E-state index in [0.29, 0.717) is 19.0 Å². The average Bonchev–Trinajstić information content (AvgIpc) is 3.17. The molecule has 1 saturated heterocycles. The normalized spacial score (nSPS) is 18.8. The maximum Gasteiger partial charge on any atom is 0.233 e. The molecule has 1 fully saturated rings. The fourth-order valence-corrected chi connectivity index (χ4v) is 4.74. The first-order valence-corrected chi connectivity index (χ1v) is 10.4. The van der Waals surface area contributed by atoms with Gasteiger partial charge in [0.05, 0.1) is 11.8 Å². The van der Waals surface area contributed by atoms with Crippen LogP contribution in [0.5, 0.6) is 11.5 Å². The third kappa shape index (κ3) is 3.69. The lowest BCUT2D eigenvalue weighted by Crippen LogP contribution is -2.32. The number of hydrogen-bond acceptors (Lipinski definition) is 5. The zero-order valence-electron chi connectivity index (χ0n) is 14.2. The molecule has 1 amide bonds. The van der Waals surface area contributed by atoms with Crippen molar-refractivity contribution in [1.82, 2.24) is 9.88 Å². The van der Waals surface area contributed by atoms with Crippen LogP contribution >= 0.6 is 27.7 Å². The van der Waals surface area contributed by atoms with E-state index in [4.69, 9.17) is 9.47 Å². The van der Waals surface area contributed by atoms with Crippen LogP contribution in [-0.4, -0.2) is 41.3 Å². The minimum Gasteiger partial charge on any atom is -0.486 e. The van der Waals surface area contributed by atoms with Crippen molar-refractivity contribution in [1.29, 1.82) is 0 Å². The average molecular weight is 435 g/mol. The molecule has 0 bridgehead atoms. The van der Waals surface area contributed by atoms with Crippen LogP contribution in [0.2, 0.25) is 0 Å². The summed E-state index contributed by atoms with van der Waals surface area (Å²) in [7, 11) is 0. The predicted octanol–water partition coefficient (Wildman–Crippen LogP) is 4.07. The molecule has 2 aliphatic heterocycles. The summed E-state index contributed by atoms with van der Waals surface area (Å²) in [5.74, 6) is 2.09. The van der Waals surface area contributed by atoms with Gasteiger partial charge in [-0.1, -0.05) is 17.8 Å². The summed E-state index contributed by atoms with van der Waals surface area (Å²) < 4.78 is 12.2. The Bertz CT molecular complexity index is 817. The molecule has 5 nitrogen and oxygen atoms in total. The number of halogens is 1. The lowest BCUT2D eigenvalue weighted by molar-refractivity contribution is -0.129. The number of fused-ring (bicyclic) bond motifs is 1. The molecule has 26 heavy (non-hydrogen) atoms. The molecule has 0 saturated carbocycles. The first-order valence-electron chi connectivity index (χ1n) is 8.65. The fraction of sp³-hybridized carbons (Fsp3) is 0.368. The Morgan fingerprint density at radius 1 is 1.27 bits per heavy atom. The third-order valence-electron chi connectivity index (χ3n) is 4.58. The minimum atomic E-state index is 0.103. The van der Waals surface area contributed by atoms with Crippen molar-refractivity contribution in [2.75, 3.05) is 25.5 Å². The molecule has 4 rings (SSSR count). The molecule has 0 spiro atoms. The van der Waals surface area contributed by atoms with Crippen molar-refractivity contribution in [2.24, 2.45) is 0 Å². The van der Waals surface area contributed by atoms with Crippen LogP contribution in [0.3, 0.4) is 0 Å². The Balaban J connectivity index is 1.46. The van der Waals surface area contributed by atoms with Crippen LogP contribution in [0.4, 0.5) is 0 Å². The van der Waals surface area contributed by atoms with Gasteiger partial charge in [0.1, 0.15) is 18.2 Å². The number of amides is 1. The maximum atomic E-state index is 12.8. The highest BCUT2D eigenvalue weighted by atomic mass is 79.9. The van der Waals surface area contributed by atoms with Crippen LogP contribution in [0.1, 0.15) is 24.4 Å². The fourth-order valence-electron chi connectivity index (χ4n) is 3.37. The van der Waals surface area contributed by atoms with Gasteiger partial charge in [-0.05, 0) is 58.6 Å². The molecule has 1 atom stereocenters. The number of carbonyl (C=O) groups is 1. The molecular weight excluding hydrogens is 416 g/mol. The van der Waals surface area contributed by atoms with Crippen molar-refractivity contribution in [2.45, 2.75) is 23.9 Å². The second kappa shape index (κ2) is 7.88.